The summed E-state index contributed by atoms with van der Waals surface area (Å²) >= 11 is 0. The molecule has 5 nitrogen and oxygen atoms in total. The molecule has 26 heavy (non-hydrogen) atoms. The van der Waals surface area contributed by atoms with Gasteiger partial charge in [-0.05, 0) is 37.4 Å². The van der Waals surface area contributed by atoms with Crippen molar-refractivity contribution in [2.75, 3.05) is 26.7 Å². The van der Waals surface area contributed by atoms with E-state index in [9.17, 15) is 4.79 Å². The maximum absolute atomic E-state index is 12.7. The third-order valence-electron chi connectivity index (χ3n) is 5.97. The molecule has 3 atom stereocenters. The number of fused-ring (bicyclic) bond motifs is 1. The number of hydrogen-bond donors (Lipinski definition) is 0. The molecule has 0 bridgehead atoms. The summed E-state index contributed by atoms with van der Waals surface area (Å²) in [6.45, 7) is 5.01. The number of carbonyl (C=O) groups is 1. The summed E-state index contributed by atoms with van der Waals surface area (Å²) in [4.78, 5) is 25.6. The fraction of sp³-hybridized carbons (Fsp3) is 0.476. The van der Waals surface area contributed by atoms with E-state index in [2.05, 4.69) is 58.0 Å². The van der Waals surface area contributed by atoms with Gasteiger partial charge >= 0.3 is 0 Å². The Bertz CT molecular complexity index is 779. The fourth-order valence-electron chi connectivity index (χ4n) is 4.70. The van der Waals surface area contributed by atoms with Gasteiger partial charge < -0.3 is 4.90 Å². The Kier molecular flexibility index (Phi) is 4.72. The van der Waals surface area contributed by atoms with Gasteiger partial charge in [-0.3, -0.25) is 19.7 Å². The van der Waals surface area contributed by atoms with Crippen LogP contribution in [0, 0.1) is 18.8 Å². The lowest BCUT2D eigenvalue weighted by Gasteiger charge is -2.28. The number of benzene rings is 1. The van der Waals surface area contributed by atoms with Crippen LogP contribution >= 0.6 is 0 Å². The van der Waals surface area contributed by atoms with Crippen molar-refractivity contribution in [1.29, 1.82) is 0 Å². The van der Waals surface area contributed by atoms with Crippen LogP contribution in [0.15, 0.2) is 42.9 Å². The van der Waals surface area contributed by atoms with Gasteiger partial charge in [-0.25, -0.2) is 0 Å². The number of amides is 1. The Hall–Kier alpha value is -2.27. The molecule has 4 rings (SSSR count). The van der Waals surface area contributed by atoms with Gasteiger partial charge in [0.15, 0.2) is 0 Å². The van der Waals surface area contributed by atoms with Crippen LogP contribution in [0.2, 0.25) is 0 Å². The number of carbonyl (C=O) groups excluding carboxylic acids is 1. The molecule has 5 heteroatoms. The van der Waals surface area contributed by atoms with Gasteiger partial charge in [-0.15, -0.1) is 0 Å². The Morgan fingerprint density at radius 3 is 2.81 bits per heavy atom. The summed E-state index contributed by atoms with van der Waals surface area (Å²) in [6, 6.07) is 9.08. The standard InChI is InChI=1S/C21H26N4O/c1-15-5-3-4-6-18(15)21-19-14-25(13-16(19)12-24(21)2)20(26)8-7-17-11-22-9-10-23-17/h3-6,9-11,16,19,21H,7-8,12-14H2,1-2H3/t16-,19+,21-/m0/s1. The minimum Gasteiger partial charge on any atom is -0.342 e. The minimum atomic E-state index is 0.247. The average Bonchev–Trinajstić information content (AvgIpc) is 3.18. The van der Waals surface area contributed by atoms with E-state index in [1.165, 1.54) is 11.1 Å². The van der Waals surface area contributed by atoms with E-state index in [1.54, 1.807) is 18.6 Å². The normalized spacial score (nSPS) is 25.5. The van der Waals surface area contributed by atoms with Crippen molar-refractivity contribution in [3.8, 4) is 0 Å². The third kappa shape index (κ3) is 3.23. The van der Waals surface area contributed by atoms with Crippen LogP contribution in [0.5, 0.6) is 0 Å². The van der Waals surface area contributed by atoms with Gasteiger partial charge in [-0.1, -0.05) is 24.3 Å². The molecule has 2 aliphatic rings. The zero-order chi connectivity index (χ0) is 18.1. The Morgan fingerprint density at radius 1 is 1.19 bits per heavy atom. The maximum Gasteiger partial charge on any atom is 0.222 e. The molecular formula is C21H26N4O. The second kappa shape index (κ2) is 7.16. The number of rotatable bonds is 4. The Morgan fingerprint density at radius 2 is 2.04 bits per heavy atom. The van der Waals surface area contributed by atoms with Crippen molar-refractivity contribution < 1.29 is 4.79 Å². The molecular weight excluding hydrogens is 324 g/mol. The summed E-state index contributed by atoms with van der Waals surface area (Å²) < 4.78 is 0. The topological polar surface area (TPSA) is 49.3 Å². The zero-order valence-corrected chi connectivity index (χ0v) is 15.5. The molecule has 2 saturated heterocycles. The van der Waals surface area contributed by atoms with Gasteiger partial charge in [0, 0.05) is 56.6 Å². The van der Waals surface area contributed by atoms with E-state index >= 15 is 0 Å². The van der Waals surface area contributed by atoms with Crippen LogP contribution in [-0.2, 0) is 11.2 Å². The zero-order valence-electron chi connectivity index (χ0n) is 15.5. The van der Waals surface area contributed by atoms with Crippen LogP contribution in [0.1, 0.15) is 29.3 Å². The molecule has 0 aliphatic carbocycles. The van der Waals surface area contributed by atoms with Gasteiger partial charge in [0.1, 0.15) is 0 Å². The molecule has 0 radical (unpaired) electrons. The highest BCUT2D eigenvalue weighted by Gasteiger charge is 2.47. The molecule has 1 aromatic carbocycles. The summed E-state index contributed by atoms with van der Waals surface area (Å²) in [6.07, 6.45) is 6.27. The number of likely N-dealkylation sites (tertiary alicyclic amines) is 2. The highest BCUT2D eigenvalue weighted by Crippen LogP contribution is 2.44. The summed E-state index contributed by atoms with van der Waals surface area (Å²) in [5.74, 6) is 1.35. The fourth-order valence-corrected chi connectivity index (χ4v) is 4.70. The number of aromatic nitrogens is 2. The van der Waals surface area contributed by atoms with Crippen molar-refractivity contribution in [3.05, 3.63) is 59.7 Å². The van der Waals surface area contributed by atoms with E-state index in [-0.39, 0.29) is 5.91 Å². The van der Waals surface area contributed by atoms with Crippen LogP contribution in [0.3, 0.4) is 0 Å². The van der Waals surface area contributed by atoms with Crippen molar-refractivity contribution in [2.24, 2.45) is 11.8 Å². The monoisotopic (exact) mass is 350 g/mol. The molecule has 0 unspecified atom stereocenters. The van der Waals surface area contributed by atoms with E-state index in [0.29, 0.717) is 30.7 Å². The molecule has 0 spiro atoms. The highest BCUT2D eigenvalue weighted by atomic mass is 16.2. The Labute approximate surface area is 155 Å². The van der Waals surface area contributed by atoms with Crippen molar-refractivity contribution in [3.63, 3.8) is 0 Å². The molecule has 2 aliphatic heterocycles. The van der Waals surface area contributed by atoms with Crippen LogP contribution < -0.4 is 0 Å². The Balaban J connectivity index is 1.43. The molecule has 1 aromatic heterocycles. The van der Waals surface area contributed by atoms with E-state index in [1.807, 2.05) is 0 Å². The first-order valence-corrected chi connectivity index (χ1v) is 9.42. The molecule has 3 heterocycles. The van der Waals surface area contributed by atoms with Gasteiger partial charge in [-0.2, -0.15) is 0 Å². The van der Waals surface area contributed by atoms with Crippen LogP contribution in [0.25, 0.3) is 0 Å². The first-order chi connectivity index (χ1) is 12.6. The summed E-state index contributed by atoms with van der Waals surface area (Å²) in [5.41, 5.74) is 3.64. The molecule has 136 valence electrons. The largest absolute Gasteiger partial charge is 0.342 e. The predicted molar refractivity (Wildman–Crippen MR) is 100 cm³/mol. The van der Waals surface area contributed by atoms with Gasteiger partial charge in [0.2, 0.25) is 5.91 Å². The third-order valence-corrected chi connectivity index (χ3v) is 5.97. The minimum absolute atomic E-state index is 0.247. The maximum atomic E-state index is 12.7. The van der Waals surface area contributed by atoms with Crippen molar-refractivity contribution in [2.45, 2.75) is 25.8 Å². The lowest BCUT2D eigenvalue weighted by atomic mass is 9.88. The predicted octanol–water partition coefficient (Wildman–Crippen LogP) is 2.48. The first-order valence-electron chi connectivity index (χ1n) is 9.42. The van der Waals surface area contributed by atoms with Crippen molar-refractivity contribution >= 4 is 5.91 Å². The number of hydrogen-bond acceptors (Lipinski definition) is 4. The smallest absolute Gasteiger partial charge is 0.222 e. The van der Waals surface area contributed by atoms with Gasteiger partial charge in [0.25, 0.3) is 0 Å². The van der Waals surface area contributed by atoms with E-state index in [4.69, 9.17) is 0 Å². The highest BCUT2D eigenvalue weighted by molar-refractivity contribution is 5.76. The first kappa shape index (κ1) is 17.2. The van der Waals surface area contributed by atoms with Gasteiger partial charge in [0.05, 0.1) is 5.69 Å². The summed E-state index contributed by atoms with van der Waals surface area (Å²) in [5, 5.41) is 0. The quantitative estimate of drug-likeness (QED) is 0.850. The second-order valence-corrected chi connectivity index (χ2v) is 7.66. The van der Waals surface area contributed by atoms with E-state index < -0.39 is 0 Å². The van der Waals surface area contributed by atoms with E-state index in [0.717, 1.165) is 25.3 Å². The number of nitrogens with zero attached hydrogens (tertiary/aromatic N) is 4. The number of aryl methyl sites for hydroxylation is 2. The molecule has 2 fully saturated rings. The van der Waals surface area contributed by atoms with Crippen LogP contribution in [0.4, 0.5) is 0 Å². The molecule has 2 aromatic rings. The molecule has 0 saturated carbocycles. The second-order valence-electron chi connectivity index (χ2n) is 7.66. The SMILES string of the molecule is Cc1ccccc1[C@H]1[C@@H]2CN(C(=O)CCc3cnccn3)C[C@@H]2CN1C. The van der Waals surface area contributed by atoms with Crippen molar-refractivity contribution in [1.82, 2.24) is 19.8 Å². The molecule has 0 N–H and O–H groups in total. The summed E-state index contributed by atoms with van der Waals surface area (Å²) in [7, 11) is 2.22. The van der Waals surface area contributed by atoms with Crippen LogP contribution in [-0.4, -0.2) is 52.4 Å². The lowest BCUT2D eigenvalue weighted by Crippen LogP contribution is -2.33. The molecule has 1 amide bonds. The lowest BCUT2D eigenvalue weighted by molar-refractivity contribution is -0.130. The average molecular weight is 350 g/mol.